The molecule has 1 unspecified atom stereocenters. The number of aliphatic hydroxyl groups excluding tert-OH is 1. The summed E-state index contributed by atoms with van der Waals surface area (Å²) in [5, 5.41) is 20.8. The molecule has 0 aromatic heterocycles. The maximum absolute atomic E-state index is 12.3. The fourth-order valence-corrected chi connectivity index (χ4v) is 3.89. The molecule has 0 spiro atoms. The molecule has 2 rings (SSSR count). The number of hydrogen-bond donors (Lipinski definition) is 1. The second-order valence-corrected chi connectivity index (χ2v) is 7.79. The number of carbonyl (C=O) groups excluding carboxylic acids is 1. The van der Waals surface area contributed by atoms with E-state index in [4.69, 9.17) is 16.3 Å². The van der Waals surface area contributed by atoms with E-state index in [2.05, 4.69) is 0 Å². The monoisotopic (exact) mass is 412 g/mol. The molecule has 1 amide bonds. The third-order valence-corrected chi connectivity index (χ3v) is 5.56. The second kappa shape index (κ2) is 10.6. The van der Waals surface area contributed by atoms with Crippen molar-refractivity contribution in [3.8, 4) is 5.75 Å². The highest BCUT2D eigenvalue weighted by molar-refractivity contribution is 6.33. The van der Waals surface area contributed by atoms with Gasteiger partial charge in [0.25, 0.3) is 5.69 Å². The van der Waals surface area contributed by atoms with E-state index in [1.807, 2.05) is 11.9 Å². The van der Waals surface area contributed by atoms with E-state index in [1.54, 1.807) is 0 Å². The SMILES string of the molecule is CC(O)c1cc(OCCCCC(=O)N(C)C2CCCCC2)cc(Cl)c1[N+](=O)[O-]. The molecule has 1 atom stereocenters. The Morgan fingerprint density at radius 2 is 2.04 bits per heavy atom. The summed E-state index contributed by atoms with van der Waals surface area (Å²) in [5.41, 5.74) is -0.183. The van der Waals surface area contributed by atoms with Crippen LogP contribution in [0, 0.1) is 10.1 Å². The molecule has 1 aliphatic carbocycles. The average molecular weight is 413 g/mol. The maximum Gasteiger partial charge on any atom is 0.293 e. The normalized spacial score (nSPS) is 15.9. The van der Waals surface area contributed by atoms with Crippen molar-refractivity contribution in [2.75, 3.05) is 13.7 Å². The number of amides is 1. The van der Waals surface area contributed by atoms with Crippen molar-refractivity contribution in [1.82, 2.24) is 4.90 Å². The predicted octanol–water partition coefficient (Wildman–Crippen LogP) is 4.64. The minimum Gasteiger partial charge on any atom is -0.494 e. The number of unbranched alkanes of at least 4 members (excludes halogenated alkanes) is 1. The van der Waals surface area contributed by atoms with Crippen LogP contribution in [0.5, 0.6) is 5.75 Å². The second-order valence-electron chi connectivity index (χ2n) is 7.38. The summed E-state index contributed by atoms with van der Waals surface area (Å²) >= 11 is 5.98. The Hall–Kier alpha value is -1.86. The summed E-state index contributed by atoms with van der Waals surface area (Å²) in [6.45, 7) is 1.81. The number of ether oxygens (including phenoxy) is 1. The fourth-order valence-electron chi connectivity index (χ4n) is 3.61. The van der Waals surface area contributed by atoms with E-state index in [1.165, 1.54) is 38.3 Å². The topological polar surface area (TPSA) is 92.9 Å². The van der Waals surface area contributed by atoms with Gasteiger partial charge in [0.05, 0.1) is 23.2 Å². The van der Waals surface area contributed by atoms with Crippen molar-refractivity contribution in [2.24, 2.45) is 0 Å². The summed E-state index contributed by atoms with van der Waals surface area (Å²) in [6.07, 6.45) is 6.69. The van der Waals surface area contributed by atoms with Gasteiger partial charge in [0.2, 0.25) is 5.91 Å². The van der Waals surface area contributed by atoms with Crippen LogP contribution in [0.4, 0.5) is 5.69 Å². The Labute approximate surface area is 170 Å². The van der Waals surface area contributed by atoms with E-state index in [-0.39, 0.29) is 22.2 Å². The van der Waals surface area contributed by atoms with E-state index in [9.17, 15) is 20.0 Å². The highest BCUT2D eigenvalue weighted by Gasteiger charge is 2.24. The lowest BCUT2D eigenvalue weighted by molar-refractivity contribution is -0.386. The minimum absolute atomic E-state index is 0.0670. The molecule has 1 saturated carbocycles. The third-order valence-electron chi connectivity index (χ3n) is 5.27. The van der Waals surface area contributed by atoms with Crippen molar-refractivity contribution in [3.63, 3.8) is 0 Å². The molecule has 1 aromatic carbocycles. The summed E-state index contributed by atoms with van der Waals surface area (Å²) in [7, 11) is 1.89. The van der Waals surface area contributed by atoms with Crippen molar-refractivity contribution in [3.05, 3.63) is 32.8 Å². The van der Waals surface area contributed by atoms with Crippen LogP contribution in [0.15, 0.2) is 12.1 Å². The van der Waals surface area contributed by atoms with Crippen molar-refractivity contribution in [2.45, 2.75) is 70.4 Å². The van der Waals surface area contributed by atoms with Crippen molar-refractivity contribution in [1.29, 1.82) is 0 Å². The number of hydrogen-bond acceptors (Lipinski definition) is 5. The minimum atomic E-state index is -1.03. The molecular formula is C20H29ClN2O5. The van der Waals surface area contributed by atoms with Crippen molar-refractivity contribution >= 4 is 23.2 Å². The highest BCUT2D eigenvalue weighted by atomic mass is 35.5. The molecule has 156 valence electrons. The van der Waals surface area contributed by atoms with Crippen LogP contribution in [-0.4, -0.2) is 40.5 Å². The Kier molecular flexibility index (Phi) is 8.51. The Bertz CT molecular complexity index is 689. The predicted molar refractivity (Wildman–Crippen MR) is 108 cm³/mol. The first-order chi connectivity index (χ1) is 13.3. The molecule has 28 heavy (non-hydrogen) atoms. The zero-order chi connectivity index (χ0) is 20.7. The van der Waals surface area contributed by atoms with Crippen LogP contribution in [0.3, 0.4) is 0 Å². The molecule has 1 N–H and O–H groups in total. The van der Waals surface area contributed by atoms with Gasteiger partial charge in [-0.3, -0.25) is 14.9 Å². The van der Waals surface area contributed by atoms with E-state index < -0.39 is 11.0 Å². The van der Waals surface area contributed by atoms with Crippen LogP contribution >= 0.6 is 11.6 Å². The first-order valence-electron chi connectivity index (χ1n) is 9.85. The average Bonchev–Trinajstić information content (AvgIpc) is 2.66. The third kappa shape index (κ3) is 6.07. The van der Waals surface area contributed by atoms with Gasteiger partial charge in [-0.15, -0.1) is 0 Å². The number of halogens is 1. The van der Waals surface area contributed by atoms with Crippen LogP contribution in [-0.2, 0) is 4.79 Å². The van der Waals surface area contributed by atoms with Gasteiger partial charge in [-0.05, 0) is 38.7 Å². The Balaban J connectivity index is 1.80. The summed E-state index contributed by atoms with van der Waals surface area (Å²) in [4.78, 5) is 24.7. The van der Waals surface area contributed by atoms with E-state index in [0.29, 0.717) is 37.7 Å². The standard InChI is InChI=1S/C20H29ClN2O5/c1-14(24)17-12-16(13-18(21)20(17)23(26)27)28-11-7-6-10-19(25)22(2)15-8-4-3-5-9-15/h12-15,24H,3-11H2,1-2H3. The molecule has 0 heterocycles. The molecule has 0 bridgehead atoms. The lowest BCUT2D eigenvalue weighted by Crippen LogP contribution is -2.38. The Morgan fingerprint density at radius 3 is 2.64 bits per heavy atom. The van der Waals surface area contributed by atoms with Gasteiger partial charge in [-0.1, -0.05) is 30.9 Å². The zero-order valence-corrected chi connectivity index (χ0v) is 17.3. The smallest absolute Gasteiger partial charge is 0.293 e. The van der Waals surface area contributed by atoms with Gasteiger partial charge in [-0.25, -0.2) is 0 Å². The number of aliphatic hydroxyl groups is 1. The molecule has 7 nitrogen and oxygen atoms in total. The van der Waals surface area contributed by atoms with E-state index >= 15 is 0 Å². The van der Waals surface area contributed by atoms with Crippen LogP contribution in [0.25, 0.3) is 0 Å². The lowest BCUT2D eigenvalue weighted by atomic mass is 9.94. The number of carbonyl (C=O) groups is 1. The fraction of sp³-hybridized carbons (Fsp3) is 0.650. The summed E-state index contributed by atoms with van der Waals surface area (Å²) < 4.78 is 5.63. The van der Waals surface area contributed by atoms with Crippen molar-refractivity contribution < 1.29 is 19.6 Å². The molecule has 0 radical (unpaired) electrons. The van der Waals surface area contributed by atoms with Crippen LogP contribution in [0.2, 0.25) is 5.02 Å². The summed E-state index contributed by atoms with van der Waals surface area (Å²) in [5.74, 6) is 0.541. The number of nitrogens with zero attached hydrogens (tertiary/aromatic N) is 2. The Morgan fingerprint density at radius 1 is 1.36 bits per heavy atom. The van der Waals surface area contributed by atoms with E-state index in [0.717, 1.165) is 12.8 Å². The zero-order valence-electron chi connectivity index (χ0n) is 16.5. The molecule has 1 aromatic rings. The first-order valence-corrected chi connectivity index (χ1v) is 10.2. The molecule has 8 heteroatoms. The first kappa shape index (κ1) is 22.4. The number of benzene rings is 1. The quantitative estimate of drug-likeness (QED) is 0.362. The number of nitro groups is 1. The highest BCUT2D eigenvalue weighted by Crippen LogP contribution is 2.36. The lowest BCUT2D eigenvalue weighted by Gasteiger charge is -2.31. The van der Waals surface area contributed by atoms with Gasteiger partial charge in [-0.2, -0.15) is 0 Å². The molecule has 0 aliphatic heterocycles. The molecular weight excluding hydrogens is 384 g/mol. The van der Waals surface area contributed by atoms with Crippen LogP contribution in [0.1, 0.15) is 70.0 Å². The molecule has 1 fully saturated rings. The van der Waals surface area contributed by atoms with Gasteiger partial charge in [0.1, 0.15) is 10.8 Å². The number of nitro benzene ring substituents is 1. The largest absolute Gasteiger partial charge is 0.494 e. The van der Waals surface area contributed by atoms with Gasteiger partial charge in [0.15, 0.2) is 0 Å². The van der Waals surface area contributed by atoms with Crippen LogP contribution < -0.4 is 4.74 Å². The van der Waals surface area contributed by atoms with Gasteiger partial charge < -0.3 is 14.7 Å². The van der Waals surface area contributed by atoms with Gasteiger partial charge >= 0.3 is 0 Å². The molecule has 0 saturated heterocycles. The molecule has 1 aliphatic rings. The maximum atomic E-state index is 12.3. The van der Waals surface area contributed by atoms with Gasteiger partial charge in [0, 0.05) is 25.6 Å². The number of rotatable bonds is 9. The summed E-state index contributed by atoms with van der Waals surface area (Å²) in [6, 6.07) is 3.20.